The Labute approximate surface area is 156 Å². The summed E-state index contributed by atoms with van der Waals surface area (Å²) in [5, 5.41) is 3.11. The average Bonchev–Trinajstić information content (AvgIpc) is 2.64. The Morgan fingerprint density at radius 1 is 1.04 bits per heavy atom. The molecule has 26 heavy (non-hydrogen) atoms. The summed E-state index contributed by atoms with van der Waals surface area (Å²) in [7, 11) is -3.52. The van der Waals surface area contributed by atoms with E-state index in [4.69, 9.17) is 0 Å². The first kappa shape index (κ1) is 19.2. The van der Waals surface area contributed by atoms with Gasteiger partial charge in [-0.2, -0.15) is 4.31 Å². The maximum atomic E-state index is 13.0. The fourth-order valence-corrected chi connectivity index (χ4v) is 5.50. The Hall–Kier alpha value is -1.60. The third-order valence-corrected chi connectivity index (χ3v) is 7.46. The summed E-state index contributed by atoms with van der Waals surface area (Å²) in [6.45, 7) is 5.26. The van der Waals surface area contributed by atoms with Crippen LogP contribution in [0.5, 0.6) is 0 Å². The largest absolute Gasteiger partial charge is 0.335 e. The van der Waals surface area contributed by atoms with Crippen molar-refractivity contribution in [2.75, 3.05) is 26.2 Å². The molecule has 0 unspecified atom stereocenters. The minimum atomic E-state index is -3.52. The number of carbonyl (C=O) groups is 1. The topological polar surface area (TPSA) is 69.7 Å². The first-order valence-corrected chi connectivity index (χ1v) is 10.9. The number of hydrogen-bond acceptors (Lipinski definition) is 3. The molecule has 144 valence electrons. The van der Waals surface area contributed by atoms with Crippen molar-refractivity contribution in [2.24, 2.45) is 0 Å². The minimum Gasteiger partial charge on any atom is -0.335 e. The van der Waals surface area contributed by atoms with Gasteiger partial charge in [-0.15, -0.1) is 0 Å². The monoisotopic (exact) mass is 379 g/mol. The van der Waals surface area contributed by atoms with Crippen LogP contribution in [0.4, 0.5) is 4.79 Å². The quantitative estimate of drug-likeness (QED) is 0.878. The molecule has 1 saturated heterocycles. The molecule has 1 N–H and O–H groups in total. The van der Waals surface area contributed by atoms with Crippen LogP contribution in [0.25, 0.3) is 0 Å². The number of aryl methyl sites for hydroxylation is 2. The molecule has 2 aliphatic rings. The van der Waals surface area contributed by atoms with Crippen LogP contribution < -0.4 is 5.32 Å². The zero-order valence-electron chi connectivity index (χ0n) is 15.7. The van der Waals surface area contributed by atoms with E-state index in [1.807, 2.05) is 26.0 Å². The number of urea groups is 1. The molecule has 1 aromatic carbocycles. The number of carbonyl (C=O) groups excluding carboxylic acids is 1. The highest BCUT2D eigenvalue weighted by molar-refractivity contribution is 7.89. The number of sulfonamides is 1. The standard InChI is InChI=1S/C19H29N3O3S/c1-15-8-9-16(2)18(14-15)26(24,25)22-12-10-21(11-13-22)19(23)20-17-6-4-3-5-7-17/h8-9,14,17H,3-7,10-13H2,1-2H3,(H,20,23). The molecule has 0 atom stereocenters. The van der Waals surface area contributed by atoms with Gasteiger partial charge in [0.2, 0.25) is 10.0 Å². The predicted molar refractivity (Wildman–Crippen MR) is 102 cm³/mol. The molecule has 0 bridgehead atoms. The maximum Gasteiger partial charge on any atom is 0.317 e. The lowest BCUT2D eigenvalue weighted by Gasteiger charge is -2.35. The second-order valence-electron chi connectivity index (χ2n) is 7.44. The summed E-state index contributed by atoms with van der Waals surface area (Å²) < 4.78 is 27.4. The highest BCUT2D eigenvalue weighted by atomic mass is 32.2. The summed E-state index contributed by atoms with van der Waals surface area (Å²) in [6.07, 6.45) is 5.69. The first-order valence-electron chi connectivity index (χ1n) is 9.51. The highest BCUT2D eigenvalue weighted by Crippen LogP contribution is 2.23. The van der Waals surface area contributed by atoms with E-state index in [9.17, 15) is 13.2 Å². The smallest absolute Gasteiger partial charge is 0.317 e. The summed E-state index contributed by atoms with van der Waals surface area (Å²) in [6, 6.07) is 5.71. The van der Waals surface area contributed by atoms with Gasteiger partial charge in [0.15, 0.2) is 0 Å². The number of hydrogen-bond donors (Lipinski definition) is 1. The normalized spacial score (nSPS) is 20.2. The van der Waals surface area contributed by atoms with Crippen molar-refractivity contribution >= 4 is 16.1 Å². The molecule has 1 aliphatic heterocycles. The molecule has 6 nitrogen and oxygen atoms in total. The molecule has 0 spiro atoms. The number of nitrogens with zero attached hydrogens (tertiary/aromatic N) is 2. The van der Waals surface area contributed by atoms with Gasteiger partial charge in [0.1, 0.15) is 0 Å². The van der Waals surface area contributed by atoms with E-state index in [1.165, 1.54) is 23.6 Å². The Morgan fingerprint density at radius 2 is 1.69 bits per heavy atom. The lowest BCUT2D eigenvalue weighted by molar-refractivity contribution is 0.166. The minimum absolute atomic E-state index is 0.0549. The fraction of sp³-hybridized carbons (Fsp3) is 0.632. The van der Waals surface area contributed by atoms with Crippen molar-refractivity contribution in [1.29, 1.82) is 0 Å². The molecule has 2 amide bonds. The molecule has 7 heteroatoms. The van der Waals surface area contributed by atoms with Gasteiger partial charge in [-0.1, -0.05) is 31.4 Å². The Balaban J connectivity index is 1.60. The molecular weight excluding hydrogens is 350 g/mol. The summed E-state index contributed by atoms with van der Waals surface area (Å²) in [4.78, 5) is 14.6. The average molecular weight is 380 g/mol. The zero-order chi connectivity index (χ0) is 18.7. The van der Waals surface area contributed by atoms with Gasteiger partial charge in [0, 0.05) is 32.2 Å². The van der Waals surface area contributed by atoms with Gasteiger partial charge < -0.3 is 10.2 Å². The van der Waals surface area contributed by atoms with Crippen molar-refractivity contribution in [3.05, 3.63) is 29.3 Å². The molecule has 1 aromatic rings. The second kappa shape index (κ2) is 7.96. The van der Waals surface area contributed by atoms with Gasteiger partial charge >= 0.3 is 6.03 Å². The number of benzene rings is 1. The van der Waals surface area contributed by atoms with Crippen LogP contribution in [-0.4, -0.2) is 55.9 Å². The van der Waals surface area contributed by atoms with Crippen LogP contribution >= 0.6 is 0 Å². The van der Waals surface area contributed by atoms with Crippen LogP contribution in [0.15, 0.2) is 23.1 Å². The third kappa shape index (κ3) is 4.20. The van der Waals surface area contributed by atoms with Crippen molar-refractivity contribution < 1.29 is 13.2 Å². The zero-order valence-corrected chi connectivity index (χ0v) is 16.5. The van der Waals surface area contributed by atoms with E-state index in [-0.39, 0.29) is 12.1 Å². The Morgan fingerprint density at radius 3 is 2.35 bits per heavy atom. The van der Waals surface area contributed by atoms with Gasteiger partial charge in [-0.3, -0.25) is 0 Å². The molecule has 0 aromatic heterocycles. The number of nitrogens with one attached hydrogen (secondary N) is 1. The van der Waals surface area contributed by atoms with Crippen molar-refractivity contribution in [1.82, 2.24) is 14.5 Å². The summed E-state index contributed by atoms with van der Waals surface area (Å²) >= 11 is 0. The van der Waals surface area contributed by atoms with E-state index in [0.717, 1.165) is 24.0 Å². The van der Waals surface area contributed by atoms with Crippen molar-refractivity contribution in [3.8, 4) is 0 Å². The van der Waals surface area contributed by atoms with Gasteiger partial charge in [-0.25, -0.2) is 13.2 Å². The van der Waals surface area contributed by atoms with Crippen LogP contribution in [0.2, 0.25) is 0 Å². The summed E-state index contributed by atoms with van der Waals surface area (Å²) in [5.74, 6) is 0. The third-order valence-electron chi connectivity index (χ3n) is 5.42. The number of piperazine rings is 1. The number of amides is 2. The van der Waals surface area contributed by atoms with E-state index in [0.29, 0.717) is 31.1 Å². The fourth-order valence-electron chi connectivity index (χ4n) is 3.77. The van der Waals surface area contributed by atoms with E-state index >= 15 is 0 Å². The molecule has 2 fully saturated rings. The Kier molecular flexibility index (Phi) is 5.87. The molecule has 1 saturated carbocycles. The van der Waals surface area contributed by atoms with Crippen molar-refractivity contribution in [3.63, 3.8) is 0 Å². The van der Waals surface area contributed by atoms with E-state index < -0.39 is 10.0 Å². The van der Waals surface area contributed by atoms with Crippen LogP contribution in [-0.2, 0) is 10.0 Å². The molecule has 1 heterocycles. The van der Waals surface area contributed by atoms with Crippen LogP contribution in [0.3, 0.4) is 0 Å². The van der Waals surface area contributed by atoms with Gasteiger partial charge in [-0.05, 0) is 43.9 Å². The molecule has 3 rings (SSSR count). The van der Waals surface area contributed by atoms with Gasteiger partial charge in [0.05, 0.1) is 4.90 Å². The molecule has 0 radical (unpaired) electrons. The van der Waals surface area contributed by atoms with Crippen LogP contribution in [0, 0.1) is 13.8 Å². The van der Waals surface area contributed by atoms with E-state index in [2.05, 4.69) is 5.32 Å². The lowest BCUT2D eigenvalue weighted by Crippen LogP contribution is -2.54. The second-order valence-corrected chi connectivity index (χ2v) is 9.35. The SMILES string of the molecule is Cc1ccc(C)c(S(=O)(=O)N2CCN(C(=O)NC3CCCCC3)CC2)c1. The Bertz CT molecular complexity index is 749. The van der Waals surface area contributed by atoms with E-state index in [1.54, 1.807) is 11.0 Å². The molecule has 1 aliphatic carbocycles. The van der Waals surface area contributed by atoms with Crippen LogP contribution in [0.1, 0.15) is 43.2 Å². The maximum absolute atomic E-state index is 13.0. The highest BCUT2D eigenvalue weighted by Gasteiger charge is 2.31. The lowest BCUT2D eigenvalue weighted by atomic mass is 9.96. The predicted octanol–water partition coefficient (Wildman–Crippen LogP) is 2.65. The summed E-state index contributed by atoms with van der Waals surface area (Å²) in [5.41, 5.74) is 1.69. The first-order chi connectivity index (χ1) is 12.4. The molecular formula is C19H29N3O3S. The van der Waals surface area contributed by atoms with Gasteiger partial charge in [0.25, 0.3) is 0 Å². The van der Waals surface area contributed by atoms with Crippen molar-refractivity contribution in [2.45, 2.75) is 56.9 Å². The number of rotatable bonds is 3.